The van der Waals surface area contributed by atoms with E-state index in [1.165, 1.54) is 58.4 Å². The molecule has 2 aliphatic heterocycles. The lowest BCUT2D eigenvalue weighted by molar-refractivity contribution is 0.163. The zero-order valence-electron chi connectivity index (χ0n) is 12.3. The molecular formula is C15H31N3. The van der Waals surface area contributed by atoms with E-state index in [4.69, 9.17) is 5.73 Å². The number of rotatable bonds is 5. The van der Waals surface area contributed by atoms with Crippen LogP contribution in [0.5, 0.6) is 0 Å². The van der Waals surface area contributed by atoms with Gasteiger partial charge in [0, 0.05) is 19.1 Å². The van der Waals surface area contributed by atoms with Gasteiger partial charge in [-0.1, -0.05) is 6.42 Å². The molecule has 2 aliphatic rings. The number of piperidine rings is 1. The summed E-state index contributed by atoms with van der Waals surface area (Å²) < 4.78 is 0. The Morgan fingerprint density at radius 3 is 2.39 bits per heavy atom. The predicted molar refractivity (Wildman–Crippen MR) is 77.7 cm³/mol. The van der Waals surface area contributed by atoms with Gasteiger partial charge >= 0.3 is 0 Å². The van der Waals surface area contributed by atoms with E-state index < -0.39 is 0 Å². The summed E-state index contributed by atoms with van der Waals surface area (Å²) in [6.45, 7) is 11.9. The summed E-state index contributed by atoms with van der Waals surface area (Å²) in [7, 11) is 0. The summed E-state index contributed by atoms with van der Waals surface area (Å²) in [6.07, 6.45) is 5.56. The first kappa shape index (κ1) is 14.3. The van der Waals surface area contributed by atoms with Crippen molar-refractivity contribution in [2.45, 2.75) is 45.6 Å². The van der Waals surface area contributed by atoms with Gasteiger partial charge in [-0.2, -0.15) is 0 Å². The van der Waals surface area contributed by atoms with Crippen molar-refractivity contribution in [2.24, 2.45) is 17.6 Å². The third-order valence-electron chi connectivity index (χ3n) is 4.90. The summed E-state index contributed by atoms with van der Waals surface area (Å²) >= 11 is 0. The van der Waals surface area contributed by atoms with Crippen molar-refractivity contribution in [1.29, 1.82) is 0 Å². The Bertz CT molecular complexity index is 236. The maximum Gasteiger partial charge on any atom is 0.00387 e. The van der Waals surface area contributed by atoms with E-state index >= 15 is 0 Å². The summed E-state index contributed by atoms with van der Waals surface area (Å²) in [6, 6.07) is 0.698. The van der Waals surface area contributed by atoms with Crippen molar-refractivity contribution in [2.75, 3.05) is 39.3 Å². The minimum atomic E-state index is 0.698. The normalized spacial score (nSPS) is 29.0. The van der Waals surface area contributed by atoms with Crippen molar-refractivity contribution >= 4 is 0 Å². The molecule has 18 heavy (non-hydrogen) atoms. The van der Waals surface area contributed by atoms with E-state index in [1.54, 1.807) is 0 Å². The minimum absolute atomic E-state index is 0.698. The van der Waals surface area contributed by atoms with E-state index in [1.807, 2.05) is 0 Å². The fourth-order valence-electron chi connectivity index (χ4n) is 3.56. The molecule has 0 radical (unpaired) electrons. The number of likely N-dealkylation sites (tertiary alicyclic amines) is 2. The van der Waals surface area contributed by atoms with Gasteiger partial charge in [0.25, 0.3) is 0 Å². The first-order valence-electron chi connectivity index (χ1n) is 7.87. The van der Waals surface area contributed by atoms with Gasteiger partial charge in [0.05, 0.1) is 0 Å². The Morgan fingerprint density at radius 2 is 1.83 bits per heavy atom. The van der Waals surface area contributed by atoms with Crippen LogP contribution in [0.3, 0.4) is 0 Å². The largest absolute Gasteiger partial charge is 0.330 e. The number of hydrogen-bond acceptors (Lipinski definition) is 3. The van der Waals surface area contributed by atoms with E-state index in [-0.39, 0.29) is 0 Å². The highest BCUT2D eigenvalue weighted by Crippen LogP contribution is 2.26. The zero-order chi connectivity index (χ0) is 13.0. The molecule has 0 bridgehead atoms. The number of nitrogens with two attached hydrogens (primary N) is 1. The third-order valence-corrected chi connectivity index (χ3v) is 4.90. The molecule has 2 saturated heterocycles. The first-order chi connectivity index (χ1) is 8.70. The second-order valence-electron chi connectivity index (χ2n) is 6.49. The van der Waals surface area contributed by atoms with Crippen molar-refractivity contribution in [3.63, 3.8) is 0 Å². The standard InChI is InChI=1S/C15H31N3/c1-13(2)18-9-6-14(12-18)15(10-16)11-17-7-4-3-5-8-17/h13-15H,3-12,16H2,1-2H3. The van der Waals surface area contributed by atoms with Crippen molar-refractivity contribution in [3.8, 4) is 0 Å². The third kappa shape index (κ3) is 3.69. The lowest BCUT2D eigenvalue weighted by atomic mass is 9.90. The SMILES string of the molecule is CC(C)N1CCC(C(CN)CN2CCCCC2)C1. The van der Waals surface area contributed by atoms with E-state index in [0.29, 0.717) is 12.0 Å². The van der Waals surface area contributed by atoms with E-state index in [9.17, 15) is 0 Å². The van der Waals surface area contributed by atoms with Gasteiger partial charge in [0.15, 0.2) is 0 Å². The lowest BCUT2D eigenvalue weighted by Crippen LogP contribution is -2.40. The average molecular weight is 253 g/mol. The predicted octanol–water partition coefficient (Wildman–Crippen LogP) is 1.78. The van der Waals surface area contributed by atoms with Crippen LogP contribution >= 0.6 is 0 Å². The molecule has 2 fully saturated rings. The smallest absolute Gasteiger partial charge is 0.00387 e. The van der Waals surface area contributed by atoms with E-state index in [2.05, 4.69) is 23.6 Å². The zero-order valence-corrected chi connectivity index (χ0v) is 12.3. The fourth-order valence-corrected chi connectivity index (χ4v) is 3.56. The van der Waals surface area contributed by atoms with Gasteiger partial charge in [-0.15, -0.1) is 0 Å². The Labute approximate surface area is 113 Å². The molecule has 2 rings (SSSR count). The summed E-state index contributed by atoms with van der Waals surface area (Å²) in [5, 5.41) is 0. The van der Waals surface area contributed by atoms with Crippen LogP contribution in [0.15, 0.2) is 0 Å². The monoisotopic (exact) mass is 253 g/mol. The maximum atomic E-state index is 6.05. The Balaban J connectivity index is 1.81. The Morgan fingerprint density at radius 1 is 1.11 bits per heavy atom. The molecule has 106 valence electrons. The van der Waals surface area contributed by atoms with Gasteiger partial charge < -0.3 is 15.5 Å². The topological polar surface area (TPSA) is 32.5 Å². The molecule has 3 nitrogen and oxygen atoms in total. The molecule has 2 atom stereocenters. The summed E-state index contributed by atoms with van der Waals surface area (Å²) in [4.78, 5) is 5.27. The fraction of sp³-hybridized carbons (Fsp3) is 1.00. The van der Waals surface area contributed by atoms with Crippen molar-refractivity contribution in [1.82, 2.24) is 9.80 Å². The second kappa shape index (κ2) is 6.88. The average Bonchev–Trinajstić information content (AvgIpc) is 2.87. The number of nitrogens with zero attached hydrogens (tertiary/aromatic N) is 2. The molecular weight excluding hydrogens is 222 g/mol. The van der Waals surface area contributed by atoms with Crippen molar-refractivity contribution < 1.29 is 0 Å². The molecule has 0 spiro atoms. The van der Waals surface area contributed by atoms with Crippen LogP contribution in [0, 0.1) is 11.8 Å². The molecule has 0 saturated carbocycles. The van der Waals surface area contributed by atoms with Gasteiger partial charge in [0.2, 0.25) is 0 Å². The first-order valence-corrected chi connectivity index (χ1v) is 7.87. The highest BCUT2D eigenvalue weighted by Gasteiger charge is 2.30. The molecule has 0 aliphatic carbocycles. The molecule has 2 N–H and O–H groups in total. The summed E-state index contributed by atoms with van der Waals surface area (Å²) in [5.41, 5.74) is 6.05. The minimum Gasteiger partial charge on any atom is -0.330 e. The maximum absolute atomic E-state index is 6.05. The molecule has 0 aromatic carbocycles. The lowest BCUT2D eigenvalue weighted by Gasteiger charge is -2.32. The van der Waals surface area contributed by atoms with Crippen LogP contribution in [0.4, 0.5) is 0 Å². The van der Waals surface area contributed by atoms with Gasteiger partial charge in [-0.3, -0.25) is 0 Å². The van der Waals surface area contributed by atoms with E-state index in [0.717, 1.165) is 12.5 Å². The second-order valence-corrected chi connectivity index (χ2v) is 6.49. The Hall–Kier alpha value is -0.120. The van der Waals surface area contributed by atoms with Crippen LogP contribution in [0.25, 0.3) is 0 Å². The summed E-state index contributed by atoms with van der Waals surface area (Å²) in [5.74, 6) is 1.55. The van der Waals surface area contributed by atoms with Crippen LogP contribution in [0.2, 0.25) is 0 Å². The molecule has 3 heteroatoms. The van der Waals surface area contributed by atoms with Crippen LogP contribution in [0.1, 0.15) is 39.5 Å². The molecule has 0 aromatic rings. The molecule has 2 heterocycles. The van der Waals surface area contributed by atoms with Crippen LogP contribution < -0.4 is 5.73 Å². The molecule has 0 aromatic heterocycles. The van der Waals surface area contributed by atoms with Crippen LogP contribution in [-0.2, 0) is 0 Å². The van der Waals surface area contributed by atoms with Gasteiger partial charge in [-0.05, 0) is 71.1 Å². The van der Waals surface area contributed by atoms with Crippen molar-refractivity contribution in [3.05, 3.63) is 0 Å². The molecule has 0 amide bonds. The highest BCUT2D eigenvalue weighted by molar-refractivity contribution is 4.85. The Kier molecular flexibility index (Phi) is 5.46. The quantitative estimate of drug-likeness (QED) is 0.810. The number of hydrogen-bond donors (Lipinski definition) is 1. The molecule has 2 unspecified atom stereocenters. The van der Waals surface area contributed by atoms with Gasteiger partial charge in [0.1, 0.15) is 0 Å². The van der Waals surface area contributed by atoms with Gasteiger partial charge in [-0.25, -0.2) is 0 Å². The van der Waals surface area contributed by atoms with Crippen LogP contribution in [-0.4, -0.2) is 55.1 Å². The highest BCUT2D eigenvalue weighted by atomic mass is 15.2.